The Balaban J connectivity index is 1.67. The lowest BCUT2D eigenvalue weighted by Crippen LogP contribution is -2.33. The van der Waals surface area contributed by atoms with Crippen molar-refractivity contribution in [3.05, 3.63) is 63.7 Å². The van der Waals surface area contributed by atoms with Gasteiger partial charge in [-0.25, -0.2) is 0 Å². The standard InChI is InChI=1S/C21H24N2O5/c1-14(15-7-5-9-17(11-15)23(25)26)22(4)19(24)13-27-18-10-6-8-16-12-21(2,3)28-20(16)18/h5-11,14H,12-13H2,1-4H3/t14-/m1/s1. The van der Waals surface area contributed by atoms with Gasteiger partial charge in [0.05, 0.1) is 11.0 Å². The van der Waals surface area contributed by atoms with Gasteiger partial charge in [0.1, 0.15) is 5.60 Å². The molecule has 0 radical (unpaired) electrons. The van der Waals surface area contributed by atoms with Crippen LogP contribution in [0.1, 0.15) is 37.9 Å². The Morgan fingerprint density at radius 1 is 1.32 bits per heavy atom. The number of non-ortho nitro benzene ring substituents is 1. The normalized spacial score (nSPS) is 15.3. The maximum Gasteiger partial charge on any atom is 0.269 e. The predicted molar refractivity (Wildman–Crippen MR) is 105 cm³/mol. The molecular formula is C21H24N2O5. The summed E-state index contributed by atoms with van der Waals surface area (Å²) in [5.74, 6) is 1.01. The highest BCUT2D eigenvalue weighted by Gasteiger charge is 2.32. The highest BCUT2D eigenvalue weighted by molar-refractivity contribution is 5.78. The van der Waals surface area contributed by atoms with Crippen LogP contribution in [0.5, 0.6) is 11.5 Å². The fourth-order valence-corrected chi connectivity index (χ4v) is 3.28. The molecule has 3 rings (SSSR count). The summed E-state index contributed by atoms with van der Waals surface area (Å²) >= 11 is 0. The summed E-state index contributed by atoms with van der Waals surface area (Å²) in [4.78, 5) is 24.6. The van der Waals surface area contributed by atoms with Crippen LogP contribution in [0.25, 0.3) is 0 Å². The van der Waals surface area contributed by atoms with Gasteiger partial charge in [-0.15, -0.1) is 0 Å². The van der Waals surface area contributed by atoms with E-state index in [2.05, 4.69) is 0 Å². The monoisotopic (exact) mass is 384 g/mol. The second kappa shape index (κ2) is 7.50. The maximum atomic E-state index is 12.6. The largest absolute Gasteiger partial charge is 0.483 e. The molecule has 0 saturated carbocycles. The van der Waals surface area contributed by atoms with Crippen molar-refractivity contribution in [1.82, 2.24) is 4.90 Å². The molecule has 28 heavy (non-hydrogen) atoms. The lowest BCUT2D eigenvalue weighted by Gasteiger charge is -2.25. The average molecular weight is 384 g/mol. The van der Waals surface area contributed by atoms with Gasteiger partial charge in [0.2, 0.25) is 0 Å². The summed E-state index contributed by atoms with van der Waals surface area (Å²) in [6.45, 7) is 5.70. The van der Waals surface area contributed by atoms with Crippen molar-refractivity contribution in [3.63, 3.8) is 0 Å². The Morgan fingerprint density at radius 3 is 2.75 bits per heavy atom. The van der Waals surface area contributed by atoms with Gasteiger partial charge >= 0.3 is 0 Å². The third-order valence-electron chi connectivity index (χ3n) is 4.94. The highest BCUT2D eigenvalue weighted by Crippen LogP contribution is 2.41. The molecule has 2 aromatic rings. The number of benzene rings is 2. The van der Waals surface area contributed by atoms with Crippen molar-refractivity contribution in [1.29, 1.82) is 0 Å². The number of fused-ring (bicyclic) bond motifs is 1. The van der Waals surface area contributed by atoms with Gasteiger partial charge in [-0.2, -0.15) is 0 Å². The molecule has 7 nitrogen and oxygen atoms in total. The summed E-state index contributed by atoms with van der Waals surface area (Å²) in [7, 11) is 1.66. The van der Waals surface area contributed by atoms with Crippen LogP contribution >= 0.6 is 0 Å². The Bertz CT molecular complexity index is 909. The molecule has 0 N–H and O–H groups in total. The van der Waals surface area contributed by atoms with Gasteiger partial charge in [0.15, 0.2) is 18.1 Å². The molecule has 2 aromatic carbocycles. The number of likely N-dealkylation sites (N-methyl/N-ethyl adjacent to an activating group) is 1. The Labute approximate surface area is 164 Å². The number of hydrogen-bond donors (Lipinski definition) is 0. The van der Waals surface area contributed by atoms with Gasteiger partial charge in [0, 0.05) is 31.2 Å². The van der Waals surface area contributed by atoms with Crippen LogP contribution in [0, 0.1) is 10.1 Å². The summed E-state index contributed by atoms with van der Waals surface area (Å²) in [5, 5.41) is 11.0. The van der Waals surface area contributed by atoms with Crippen LogP contribution in [-0.4, -0.2) is 35.0 Å². The molecule has 1 atom stereocenters. The van der Waals surface area contributed by atoms with Crippen molar-refractivity contribution in [2.24, 2.45) is 0 Å². The number of amides is 1. The van der Waals surface area contributed by atoms with Crippen LogP contribution in [0.15, 0.2) is 42.5 Å². The van der Waals surface area contributed by atoms with Crippen LogP contribution < -0.4 is 9.47 Å². The van der Waals surface area contributed by atoms with Crippen molar-refractivity contribution < 1.29 is 19.2 Å². The van der Waals surface area contributed by atoms with E-state index in [1.165, 1.54) is 17.0 Å². The van der Waals surface area contributed by atoms with Gasteiger partial charge in [-0.3, -0.25) is 14.9 Å². The molecule has 148 valence electrons. The highest BCUT2D eigenvalue weighted by atomic mass is 16.6. The van der Waals surface area contributed by atoms with E-state index >= 15 is 0 Å². The number of hydrogen-bond acceptors (Lipinski definition) is 5. The zero-order chi connectivity index (χ0) is 20.5. The zero-order valence-electron chi connectivity index (χ0n) is 16.5. The molecule has 1 heterocycles. The number of rotatable bonds is 6. The third kappa shape index (κ3) is 4.08. The molecule has 1 aliphatic heterocycles. The molecule has 0 saturated heterocycles. The maximum absolute atomic E-state index is 12.6. The lowest BCUT2D eigenvalue weighted by molar-refractivity contribution is -0.384. The third-order valence-corrected chi connectivity index (χ3v) is 4.94. The first kappa shape index (κ1) is 19.7. The second-order valence-corrected chi connectivity index (χ2v) is 7.60. The lowest BCUT2D eigenvalue weighted by atomic mass is 10.0. The van der Waals surface area contributed by atoms with Crippen LogP contribution in [-0.2, 0) is 11.2 Å². The van der Waals surface area contributed by atoms with Gasteiger partial charge in [-0.1, -0.05) is 24.3 Å². The fourth-order valence-electron chi connectivity index (χ4n) is 3.28. The molecule has 0 unspecified atom stereocenters. The predicted octanol–water partition coefficient (Wildman–Crippen LogP) is 3.91. The summed E-state index contributed by atoms with van der Waals surface area (Å²) in [6.07, 6.45) is 0.789. The second-order valence-electron chi connectivity index (χ2n) is 7.60. The Morgan fingerprint density at radius 2 is 2.04 bits per heavy atom. The zero-order valence-corrected chi connectivity index (χ0v) is 16.5. The van der Waals surface area contributed by atoms with E-state index in [0.29, 0.717) is 17.1 Å². The first-order valence-electron chi connectivity index (χ1n) is 9.12. The smallest absolute Gasteiger partial charge is 0.269 e. The Kier molecular flexibility index (Phi) is 5.27. The first-order valence-corrected chi connectivity index (χ1v) is 9.12. The van der Waals surface area contributed by atoms with Gasteiger partial charge < -0.3 is 14.4 Å². The van der Waals surface area contributed by atoms with E-state index < -0.39 is 4.92 Å². The molecule has 0 spiro atoms. The van der Waals surface area contributed by atoms with E-state index in [0.717, 1.165) is 12.0 Å². The number of carbonyl (C=O) groups excluding carboxylic acids is 1. The van der Waals surface area contributed by atoms with E-state index in [-0.39, 0.29) is 29.8 Å². The quantitative estimate of drug-likeness (QED) is 0.557. The van der Waals surface area contributed by atoms with E-state index in [4.69, 9.17) is 9.47 Å². The SMILES string of the molecule is C[C@H](c1cccc([N+](=O)[O-])c1)N(C)C(=O)COc1cccc2c1OC(C)(C)C2. The number of nitro groups is 1. The first-order chi connectivity index (χ1) is 13.2. The number of carbonyl (C=O) groups is 1. The molecule has 1 aliphatic rings. The molecule has 7 heteroatoms. The van der Waals surface area contributed by atoms with E-state index in [1.54, 1.807) is 25.2 Å². The number of nitrogens with zero attached hydrogens (tertiary/aromatic N) is 2. The number of para-hydroxylation sites is 1. The molecule has 0 bridgehead atoms. The van der Waals surface area contributed by atoms with Crippen molar-refractivity contribution >= 4 is 11.6 Å². The molecule has 1 amide bonds. The van der Waals surface area contributed by atoms with Crippen molar-refractivity contribution in [2.45, 2.75) is 38.8 Å². The summed E-state index contributed by atoms with van der Waals surface area (Å²) in [5.41, 5.74) is 1.46. The number of ether oxygens (including phenoxy) is 2. The van der Waals surface area contributed by atoms with Crippen LogP contribution in [0.3, 0.4) is 0 Å². The van der Waals surface area contributed by atoms with Gasteiger partial charge in [-0.05, 0) is 32.4 Å². The van der Waals surface area contributed by atoms with Crippen LogP contribution in [0.4, 0.5) is 5.69 Å². The topological polar surface area (TPSA) is 81.9 Å². The molecule has 0 aliphatic carbocycles. The summed E-state index contributed by atoms with van der Waals surface area (Å²) < 4.78 is 11.7. The minimum absolute atomic E-state index is 0.000982. The fraction of sp³-hybridized carbons (Fsp3) is 0.381. The molecule has 0 fully saturated rings. The van der Waals surface area contributed by atoms with Crippen molar-refractivity contribution in [2.75, 3.05) is 13.7 Å². The molecular weight excluding hydrogens is 360 g/mol. The Hall–Kier alpha value is -3.09. The van der Waals surface area contributed by atoms with Gasteiger partial charge in [0.25, 0.3) is 11.6 Å². The summed E-state index contributed by atoms with van der Waals surface area (Å²) in [6, 6.07) is 11.6. The van der Waals surface area contributed by atoms with E-state index in [1.807, 2.05) is 32.9 Å². The number of nitro benzene ring substituents is 1. The molecule has 0 aromatic heterocycles. The average Bonchev–Trinajstić information content (AvgIpc) is 2.99. The minimum atomic E-state index is -0.446. The van der Waals surface area contributed by atoms with E-state index in [9.17, 15) is 14.9 Å². The minimum Gasteiger partial charge on any atom is -0.483 e. The van der Waals surface area contributed by atoms with Crippen LogP contribution in [0.2, 0.25) is 0 Å². The van der Waals surface area contributed by atoms with Crippen molar-refractivity contribution in [3.8, 4) is 11.5 Å².